The molecule has 21 heavy (non-hydrogen) atoms. The lowest BCUT2D eigenvalue weighted by molar-refractivity contribution is -0.125. The van der Waals surface area contributed by atoms with E-state index < -0.39 is 0 Å². The van der Waals surface area contributed by atoms with Crippen molar-refractivity contribution < 1.29 is 9.59 Å². The summed E-state index contributed by atoms with van der Waals surface area (Å²) in [5, 5.41) is 5.74. The van der Waals surface area contributed by atoms with Crippen LogP contribution in [0.25, 0.3) is 0 Å². The van der Waals surface area contributed by atoms with E-state index in [9.17, 15) is 9.59 Å². The van der Waals surface area contributed by atoms with Crippen LogP contribution in [0, 0.1) is 6.92 Å². The number of amides is 3. The molecule has 1 aliphatic rings. The monoisotopic (exact) mass is 289 g/mol. The van der Waals surface area contributed by atoms with Crippen molar-refractivity contribution in [1.29, 1.82) is 0 Å². The molecule has 1 atom stereocenters. The van der Waals surface area contributed by atoms with Crippen LogP contribution in [0.2, 0.25) is 0 Å². The number of nitrogens with zero attached hydrogens (tertiary/aromatic N) is 1. The van der Waals surface area contributed by atoms with Crippen LogP contribution in [0.1, 0.15) is 32.3 Å². The van der Waals surface area contributed by atoms with Gasteiger partial charge in [-0.05, 0) is 45.7 Å². The molecule has 0 unspecified atom stereocenters. The quantitative estimate of drug-likeness (QED) is 0.898. The van der Waals surface area contributed by atoms with Crippen molar-refractivity contribution in [3.63, 3.8) is 0 Å². The SMILES string of the molecule is Cc1ccc(NC(=O)N2CCC[C@@H]2C(=O)NC(C)C)cc1. The van der Waals surface area contributed by atoms with E-state index in [1.807, 2.05) is 45.0 Å². The summed E-state index contributed by atoms with van der Waals surface area (Å²) in [6, 6.07) is 7.14. The Labute approximate surface area is 125 Å². The molecule has 3 amide bonds. The zero-order chi connectivity index (χ0) is 15.4. The van der Waals surface area contributed by atoms with Gasteiger partial charge < -0.3 is 15.5 Å². The Morgan fingerprint density at radius 2 is 1.90 bits per heavy atom. The molecule has 1 aliphatic heterocycles. The summed E-state index contributed by atoms with van der Waals surface area (Å²) in [5.41, 5.74) is 1.89. The normalized spacial score (nSPS) is 17.9. The lowest BCUT2D eigenvalue weighted by atomic mass is 10.2. The van der Waals surface area contributed by atoms with E-state index in [-0.39, 0.29) is 24.0 Å². The van der Waals surface area contributed by atoms with Crippen LogP contribution in [-0.4, -0.2) is 35.5 Å². The van der Waals surface area contributed by atoms with Crippen molar-refractivity contribution >= 4 is 17.6 Å². The van der Waals surface area contributed by atoms with Crippen LogP contribution < -0.4 is 10.6 Å². The second-order valence-electron chi connectivity index (χ2n) is 5.81. The van der Waals surface area contributed by atoms with Gasteiger partial charge in [0.25, 0.3) is 0 Å². The molecule has 0 bridgehead atoms. The molecule has 1 heterocycles. The van der Waals surface area contributed by atoms with E-state index in [1.165, 1.54) is 0 Å². The van der Waals surface area contributed by atoms with Gasteiger partial charge in [0.05, 0.1) is 0 Å². The minimum atomic E-state index is -0.363. The lowest BCUT2D eigenvalue weighted by Gasteiger charge is -2.25. The van der Waals surface area contributed by atoms with E-state index in [1.54, 1.807) is 4.90 Å². The van der Waals surface area contributed by atoms with Crippen molar-refractivity contribution in [3.8, 4) is 0 Å². The molecule has 0 radical (unpaired) electrons. The van der Waals surface area contributed by atoms with Crippen LogP contribution in [0.5, 0.6) is 0 Å². The predicted molar refractivity (Wildman–Crippen MR) is 83.2 cm³/mol. The maximum Gasteiger partial charge on any atom is 0.322 e. The van der Waals surface area contributed by atoms with Gasteiger partial charge in [0, 0.05) is 18.3 Å². The molecule has 1 aromatic carbocycles. The number of nitrogens with one attached hydrogen (secondary N) is 2. The van der Waals surface area contributed by atoms with Gasteiger partial charge in [-0.15, -0.1) is 0 Å². The number of likely N-dealkylation sites (tertiary alicyclic amines) is 1. The van der Waals surface area contributed by atoms with Gasteiger partial charge in [-0.2, -0.15) is 0 Å². The minimum absolute atomic E-state index is 0.0680. The zero-order valence-corrected chi connectivity index (χ0v) is 12.8. The first-order valence-electron chi connectivity index (χ1n) is 7.42. The number of carbonyl (C=O) groups is 2. The van der Waals surface area contributed by atoms with Gasteiger partial charge in [-0.1, -0.05) is 17.7 Å². The van der Waals surface area contributed by atoms with Crippen LogP contribution in [-0.2, 0) is 4.79 Å². The Balaban J connectivity index is 2.00. The molecule has 0 aromatic heterocycles. The minimum Gasteiger partial charge on any atom is -0.352 e. The average molecular weight is 289 g/mol. The number of hydrogen-bond donors (Lipinski definition) is 2. The smallest absolute Gasteiger partial charge is 0.322 e. The van der Waals surface area contributed by atoms with Crippen molar-refractivity contribution in [2.24, 2.45) is 0 Å². The summed E-state index contributed by atoms with van der Waals surface area (Å²) in [7, 11) is 0. The van der Waals surface area contributed by atoms with Gasteiger partial charge in [0.2, 0.25) is 5.91 Å². The second kappa shape index (κ2) is 6.61. The third-order valence-corrected chi connectivity index (χ3v) is 3.55. The standard InChI is InChI=1S/C16H23N3O2/c1-11(2)17-15(20)14-5-4-10-19(14)16(21)18-13-8-6-12(3)7-9-13/h6-9,11,14H,4-5,10H2,1-3H3,(H,17,20)(H,18,21)/t14-/m1/s1. The van der Waals surface area contributed by atoms with Crippen LogP contribution >= 0.6 is 0 Å². The molecular weight excluding hydrogens is 266 g/mol. The predicted octanol–water partition coefficient (Wildman–Crippen LogP) is 2.52. The van der Waals surface area contributed by atoms with Crippen molar-refractivity contribution in [2.45, 2.75) is 45.7 Å². The summed E-state index contributed by atoms with van der Waals surface area (Å²) >= 11 is 0. The fraction of sp³-hybridized carbons (Fsp3) is 0.500. The molecule has 0 saturated carbocycles. The van der Waals surface area contributed by atoms with Crippen LogP contribution in [0.4, 0.5) is 10.5 Å². The van der Waals surface area contributed by atoms with E-state index in [4.69, 9.17) is 0 Å². The highest BCUT2D eigenvalue weighted by atomic mass is 16.2. The molecule has 0 spiro atoms. The number of aryl methyl sites for hydroxylation is 1. The first kappa shape index (κ1) is 15.4. The fourth-order valence-electron chi connectivity index (χ4n) is 2.50. The van der Waals surface area contributed by atoms with Crippen LogP contribution in [0.3, 0.4) is 0 Å². The van der Waals surface area contributed by atoms with E-state index in [0.717, 1.165) is 24.1 Å². The summed E-state index contributed by atoms with van der Waals surface area (Å²) < 4.78 is 0. The third kappa shape index (κ3) is 3.97. The second-order valence-corrected chi connectivity index (χ2v) is 5.81. The average Bonchev–Trinajstić information content (AvgIpc) is 2.90. The van der Waals surface area contributed by atoms with Crippen molar-refractivity contribution in [2.75, 3.05) is 11.9 Å². The van der Waals surface area contributed by atoms with Crippen molar-refractivity contribution in [3.05, 3.63) is 29.8 Å². The molecular formula is C16H23N3O2. The molecule has 114 valence electrons. The van der Waals surface area contributed by atoms with Crippen molar-refractivity contribution in [1.82, 2.24) is 10.2 Å². The Hall–Kier alpha value is -2.04. The number of rotatable bonds is 3. The lowest BCUT2D eigenvalue weighted by Crippen LogP contribution is -2.48. The number of carbonyl (C=O) groups excluding carboxylic acids is 2. The summed E-state index contributed by atoms with van der Waals surface area (Å²) in [6.45, 7) is 6.46. The fourth-order valence-corrected chi connectivity index (χ4v) is 2.50. The topological polar surface area (TPSA) is 61.4 Å². The number of benzene rings is 1. The molecule has 5 nitrogen and oxygen atoms in total. The molecule has 2 rings (SSSR count). The van der Waals surface area contributed by atoms with E-state index in [2.05, 4.69) is 10.6 Å². The van der Waals surface area contributed by atoms with Gasteiger partial charge >= 0.3 is 6.03 Å². The van der Waals surface area contributed by atoms with Crippen LogP contribution in [0.15, 0.2) is 24.3 Å². The van der Waals surface area contributed by atoms with E-state index >= 15 is 0 Å². The summed E-state index contributed by atoms with van der Waals surface area (Å²) in [6.07, 6.45) is 1.58. The highest BCUT2D eigenvalue weighted by Crippen LogP contribution is 2.19. The van der Waals surface area contributed by atoms with Gasteiger partial charge in [0.15, 0.2) is 0 Å². The largest absolute Gasteiger partial charge is 0.352 e. The summed E-state index contributed by atoms with van der Waals surface area (Å²) in [5.74, 6) is -0.0680. The molecule has 1 aromatic rings. The Bertz CT molecular complexity index is 511. The number of hydrogen-bond acceptors (Lipinski definition) is 2. The highest BCUT2D eigenvalue weighted by molar-refractivity contribution is 5.94. The Morgan fingerprint density at radius 1 is 1.24 bits per heavy atom. The first-order valence-corrected chi connectivity index (χ1v) is 7.42. The molecule has 1 fully saturated rings. The first-order chi connectivity index (χ1) is 9.97. The summed E-state index contributed by atoms with van der Waals surface area (Å²) in [4.78, 5) is 26.1. The molecule has 1 saturated heterocycles. The number of urea groups is 1. The Kier molecular flexibility index (Phi) is 4.83. The maximum absolute atomic E-state index is 12.3. The zero-order valence-electron chi connectivity index (χ0n) is 12.8. The van der Waals surface area contributed by atoms with Gasteiger partial charge in [-0.25, -0.2) is 4.79 Å². The highest BCUT2D eigenvalue weighted by Gasteiger charge is 2.34. The maximum atomic E-state index is 12.3. The van der Waals surface area contributed by atoms with Gasteiger partial charge in [-0.3, -0.25) is 4.79 Å². The van der Waals surface area contributed by atoms with Gasteiger partial charge in [0.1, 0.15) is 6.04 Å². The van der Waals surface area contributed by atoms with E-state index in [0.29, 0.717) is 6.54 Å². The molecule has 5 heteroatoms. The third-order valence-electron chi connectivity index (χ3n) is 3.55. The molecule has 2 N–H and O–H groups in total. The Morgan fingerprint density at radius 3 is 2.52 bits per heavy atom. The number of anilines is 1. The molecule has 0 aliphatic carbocycles.